The van der Waals surface area contributed by atoms with Crippen LogP contribution in [0.25, 0.3) is 12.2 Å². The molecule has 0 saturated carbocycles. The molecule has 0 heterocycles. The predicted molar refractivity (Wildman–Crippen MR) is 177 cm³/mol. The van der Waals surface area contributed by atoms with E-state index in [0.717, 1.165) is 0 Å². The average Bonchev–Trinajstić information content (AvgIpc) is 3.08. The first-order valence-electron chi connectivity index (χ1n) is 14.3. The van der Waals surface area contributed by atoms with Gasteiger partial charge in [0.05, 0.1) is 42.7 Å². The first-order chi connectivity index (χ1) is 22.6. The fourth-order valence-corrected chi connectivity index (χ4v) is 7.17. The van der Waals surface area contributed by atoms with Crippen molar-refractivity contribution in [2.75, 3.05) is 42.7 Å². The van der Waals surface area contributed by atoms with Crippen molar-refractivity contribution in [2.45, 2.75) is 10.5 Å². The van der Waals surface area contributed by atoms with Gasteiger partial charge in [-0.1, -0.05) is 48.6 Å². The Morgan fingerprint density at radius 3 is 1.13 bits per heavy atom. The zero-order valence-corrected chi connectivity index (χ0v) is 27.6. The molecule has 4 rings (SSSR count). The van der Waals surface area contributed by atoms with Gasteiger partial charge >= 0.3 is 0 Å². The molecule has 0 spiro atoms. The van der Waals surface area contributed by atoms with Crippen LogP contribution in [-0.4, -0.2) is 51.1 Å². The number of rotatable bonds is 14. The molecular weight excluding hydrogens is 630 g/mol. The molecule has 0 fully saturated rings. The van der Waals surface area contributed by atoms with Gasteiger partial charge in [-0.2, -0.15) is 0 Å². The minimum absolute atomic E-state index is 0.143. The van der Waals surface area contributed by atoms with Crippen LogP contribution < -0.4 is 28.4 Å². The van der Waals surface area contributed by atoms with Crippen LogP contribution in [-0.2, 0) is 9.84 Å². The van der Waals surface area contributed by atoms with E-state index >= 15 is 8.42 Å². The maximum Gasteiger partial charge on any atom is 0.203 e. The summed E-state index contributed by atoms with van der Waals surface area (Å²) in [4.78, 5) is 0. The van der Waals surface area contributed by atoms with E-state index in [9.17, 15) is 8.78 Å². The standard InChI is InChI=1S/C36H36F2O8S/c1-41-29-19-17-27(33(43-3)35(29)45-5)31(21-11-23-7-13-25(37)14-8-23)47(39,40)32(22-12-24-9-15-26(38)16-10-24)28-18-20-30(42-2)36(46-6)34(28)44-4/h7-22,31-32H,1-6H3/b21-11+,22-12+. The van der Waals surface area contributed by atoms with Crippen molar-refractivity contribution in [1.82, 2.24) is 0 Å². The van der Waals surface area contributed by atoms with E-state index in [2.05, 4.69) is 0 Å². The summed E-state index contributed by atoms with van der Waals surface area (Å²) >= 11 is 0. The molecule has 0 aliphatic heterocycles. The van der Waals surface area contributed by atoms with E-state index < -0.39 is 32.0 Å². The Hall–Kier alpha value is -5.03. The summed E-state index contributed by atoms with van der Waals surface area (Å²) in [5.41, 5.74) is 1.63. The van der Waals surface area contributed by atoms with E-state index in [0.29, 0.717) is 22.6 Å². The highest BCUT2D eigenvalue weighted by atomic mass is 32.2. The van der Waals surface area contributed by atoms with E-state index in [-0.39, 0.29) is 34.1 Å². The molecule has 0 bridgehead atoms. The second-order valence-electron chi connectivity index (χ2n) is 10.1. The third kappa shape index (κ3) is 7.52. The number of benzene rings is 4. The molecule has 4 aromatic rings. The van der Waals surface area contributed by atoms with Gasteiger partial charge in [0.1, 0.15) is 22.1 Å². The van der Waals surface area contributed by atoms with Crippen molar-refractivity contribution in [3.8, 4) is 34.5 Å². The third-order valence-electron chi connectivity index (χ3n) is 7.46. The molecule has 0 aromatic heterocycles. The highest BCUT2D eigenvalue weighted by Gasteiger charge is 2.38. The molecule has 2 unspecified atom stereocenters. The monoisotopic (exact) mass is 666 g/mol. The molecule has 11 heteroatoms. The second-order valence-corrected chi connectivity index (χ2v) is 12.3. The molecule has 0 aliphatic rings. The minimum atomic E-state index is -4.35. The molecule has 0 radical (unpaired) electrons. The zero-order chi connectivity index (χ0) is 34.1. The number of ether oxygens (including phenoxy) is 6. The van der Waals surface area contributed by atoms with Crippen LogP contribution in [0.4, 0.5) is 8.78 Å². The van der Waals surface area contributed by atoms with Crippen LogP contribution >= 0.6 is 0 Å². The quantitative estimate of drug-likeness (QED) is 0.136. The van der Waals surface area contributed by atoms with E-state index in [1.54, 1.807) is 36.4 Å². The molecule has 0 N–H and O–H groups in total. The summed E-state index contributed by atoms with van der Waals surface area (Å²) in [6.45, 7) is 0. The molecule has 0 amide bonds. The SMILES string of the molecule is COc1ccc(C(/C=C/c2ccc(F)cc2)S(=O)(=O)C(/C=C/c2ccc(F)cc2)c2ccc(OC)c(OC)c2OC)c(OC)c1OC. The normalized spacial score (nSPS) is 12.9. The van der Waals surface area contributed by atoms with Gasteiger partial charge in [-0.15, -0.1) is 0 Å². The maximum atomic E-state index is 15.1. The van der Waals surface area contributed by atoms with Gasteiger partial charge in [-0.25, -0.2) is 17.2 Å². The number of sulfone groups is 1. The Morgan fingerprint density at radius 2 is 0.830 bits per heavy atom. The molecule has 0 saturated heterocycles. The molecular formula is C36H36F2O8S. The number of hydrogen-bond donors (Lipinski definition) is 0. The van der Waals surface area contributed by atoms with Crippen LogP contribution in [0.2, 0.25) is 0 Å². The zero-order valence-electron chi connectivity index (χ0n) is 26.8. The second kappa shape index (κ2) is 15.5. The topological polar surface area (TPSA) is 89.5 Å². The lowest BCUT2D eigenvalue weighted by molar-refractivity contribution is 0.322. The third-order valence-corrected chi connectivity index (χ3v) is 9.70. The lowest BCUT2D eigenvalue weighted by Crippen LogP contribution is -2.20. The van der Waals surface area contributed by atoms with Crippen molar-refractivity contribution in [3.63, 3.8) is 0 Å². The summed E-state index contributed by atoms with van der Waals surface area (Å²) in [5, 5.41) is -2.72. The smallest absolute Gasteiger partial charge is 0.203 e. The lowest BCUT2D eigenvalue weighted by atomic mass is 10.1. The van der Waals surface area contributed by atoms with E-state index in [4.69, 9.17) is 28.4 Å². The number of methoxy groups -OCH3 is 6. The number of hydrogen-bond acceptors (Lipinski definition) is 8. The Bertz CT molecular complexity index is 1710. The largest absolute Gasteiger partial charge is 0.493 e. The maximum absolute atomic E-state index is 15.1. The highest BCUT2D eigenvalue weighted by Crippen LogP contribution is 2.50. The van der Waals surface area contributed by atoms with Gasteiger partial charge in [0.25, 0.3) is 0 Å². The fraction of sp³-hybridized carbons (Fsp3) is 0.222. The van der Waals surface area contributed by atoms with Crippen molar-refractivity contribution in [3.05, 3.63) is 119 Å². The molecule has 4 aromatic carbocycles. The number of halogens is 2. The summed E-state index contributed by atoms with van der Waals surface area (Å²) in [7, 11) is 4.20. The van der Waals surface area contributed by atoms with Gasteiger partial charge < -0.3 is 28.4 Å². The Kier molecular flexibility index (Phi) is 11.5. The van der Waals surface area contributed by atoms with Crippen molar-refractivity contribution in [2.24, 2.45) is 0 Å². The summed E-state index contributed by atoms with van der Waals surface area (Å²) in [6, 6.07) is 17.6. The van der Waals surface area contributed by atoms with Crippen molar-refractivity contribution in [1.29, 1.82) is 0 Å². The Morgan fingerprint density at radius 1 is 0.489 bits per heavy atom. The molecule has 2 atom stereocenters. The molecule has 0 aliphatic carbocycles. The van der Waals surface area contributed by atoms with Crippen molar-refractivity contribution < 1.29 is 45.6 Å². The minimum Gasteiger partial charge on any atom is -0.493 e. The summed E-state index contributed by atoms with van der Waals surface area (Å²) in [6.07, 6.45) is 6.17. The summed E-state index contributed by atoms with van der Waals surface area (Å²) in [5.74, 6) is 0.491. The fourth-order valence-electron chi connectivity index (χ4n) is 5.18. The van der Waals surface area contributed by atoms with Gasteiger partial charge in [0.2, 0.25) is 11.5 Å². The molecule has 8 nitrogen and oxygen atoms in total. The molecule has 248 valence electrons. The van der Waals surface area contributed by atoms with Crippen LogP contribution in [0, 0.1) is 11.6 Å². The first kappa shape index (κ1) is 34.8. The predicted octanol–water partition coefficient (Wildman–Crippen LogP) is 7.64. The van der Waals surface area contributed by atoms with Gasteiger partial charge in [0, 0.05) is 11.1 Å². The summed E-state index contributed by atoms with van der Waals surface area (Å²) < 4.78 is 91.2. The van der Waals surface area contributed by atoms with Crippen LogP contribution in [0.1, 0.15) is 32.8 Å². The molecule has 47 heavy (non-hydrogen) atoms. The van der Waals surface area contributed by atoms with Gasteiger partial charge in [-0.3, -0.25) is 0 Å². The van der Waals surface area contributed by atoms with Gasteiger partial charge in [-0.05, 0) is 59.7 Å². The first-order valence-corrected chi connectivity index (χ1v) is 15.9. The Labute approximate surface area is 273 Å². The van der Waals surface area contributed by atoms with E-state index in [1.165, 1.54) is 103 Å². The van der Waals surface area contributed by atoms with Gasteiger partial charge in [0.15, 0.2) is 32.8 Å². The van der Waals surface area contributed by atoms with Crippen LogP contribution in [0.15, 0.2) is 84.9 Å². The van der Waals surface area contributed by atoms with E-state index in [1.807, 2.05) is 0 Å². The Balaban J connectivity index is 2.03. The van der Waals surface area contributed by atoms with Crippen LogP contribution in [0.5, 0.6) is 34.5 Å². The lowest BCUT2D eigenvalue weighted by Gasteiger charge is -2.26. The highest BCUT2D eigenvalue weighted by molar-refractivity contribution is 7.92. The van der Waals surface area contributed by atoms with Crippen LogP contribution in [0.3, 0.4) is 0 Å². The average molecular weight is 667 g/mol. The van der Waals surface area contributed by atoms with Crippen molar-refractivity contribution >= 4 is 22.0 Å².